The molecule has 0 aromatic heterocycles. The zero-order valence-electron chi connectivity index (χ0n) is 16.0. The minimum Gasteiger partial charge on any atom is -0.360 e. The summed E-state index contributed by atoms with van der Waals surface area (Å²) in [5.74, 6) is -1.36. The van der Waals surface area contributed by atoms with E-state index in [1.807, 2.05) is 19.1 Å². The predicted molar refractivity (Wildman–Crippen MR) is 101 cm³/mol. The van der Waals surface area contributed by atoms with E-state index in [1.165, 1.54) is 12.1 Å². The fourth-order valence-electron chi connectivity index (χ4n) is 5.70. The number of benzene rings is 1. The van der Waals surface area contributed by atoms with E-state index < -0.39 is 23.0 Å². The Morgan fingerprint density at radius 1 is 1.29 bits per heavy atom. The van der Waals surface area contributed by atoms with E-state index in [0.717, 1.165) is 31.2 Å². The molecular formula is C22H25FN2O3. The molecular weight excluding hydrogens is 359 g/mol. The van der Waals surface area contributed by atoms with Crippen molar-refractivity contribution in [3.63, 3.8) is 0 Å². The van der Waals surface area contributed by atoms with Crippen LogP contribution in [0, 0.1) is 17.7 Å². The number of hydrogen-bond donors (Lipinski definition) is 1. The van der Waals surface area contributed by atoms with Gasteiger partial charge >= 0.3 is 0 Å². The third-order valence-corrected chi connectivity index (χ3v) is 7.08. The van der Waals surface area contributed by atoms with E-state index in [2.05, 4.69) is 5.32 Å². The van der Waals surface area contributed by atoms with Crippen LogP contribution in [0.4, 0.5) is 4.39 Å². The smallest absolute Gasteiger partial charge is 0.230 e. The summed E-state index contributed by atoms with van der Waals surface area (Å²) in [5.41, 5.74) is -0.212. The van der Waals surface area contributed by atoms with Gasteiger partial charge in [-0.05, 0) is 37.5 Å². The highest BCUT2D eigenvalue weighted by Gasteiger charge is 2.66. The molecule has 1 saturated carbocycles. The Bertz CT molecular complexity index is 846. The van der Waals surface area contributed by atoms with Gasteiger partial charge in [0.05, 0.1) is 30.0 Å². The third-order valence-electron chi connectivity index (χ3n) is 7.08. The summed E-state index contributed by atoms with van der Waals surface area (Å²) in [6.07, 6.45) is 7.24. The standard InChI is InChI=1S/C22H25FN2O3/c1-2-25-13-22-12-9-16(28-22)17(18(22)20(25)27)19(26)24-21(10-3-4-11-21)14-5-7-15(23)8-6-14/h5-9,12,16-18H,2-4,10-11,13H2,1H3,(H,24,26)/t16-,17+,18-,22+/m1/s1. The van der Waals surface area contributed by atoms with Crippen molar-refractivity contribution in [3.05, 3.63) is 47.8 Å². The van der Waals surface area contributed by atoms with Crippen LogP contribution in [-0.4, -0.2) is 41.5 Å². The molecule has 4 aliphatic rings. The number of hydrogen-bond acceptors (Lipinski definition) is 3. The maximum Gasteiger partial charge on any atom is 0.230 e. The van der Waals surface area contributed by atoms with Crippen molar-refractivity contribution in [2.45, 2.75) is 49.9 Å². The normalized spacial score (nSPS) is 34.9. The van der Waals surface area contributed by atoms with Crippen LogP contribution in [0.15, 0.2) is 36.4 Å². The maximum absolute atomic E-state index is 13.4. The van der Waals surface area contributed by atoms with Gasteiger partial charge in [0, 0.05) is 6.54 Å². The molecule has 2 amide bonds. The summed E-state index contributed by atoms with van der Waals surface area (Å²) < 4.78 is 19.6. The molecule has 0 unspecified atom stereocenters. The molecule has 5 rings (SSSR count). The Balaban J connectivity index is 1.44. The molecule has 1 aromatic carbocycles. The van der Waals surface area contributed by atoms with E-state index in [-0.39, 0.29) is 23.7 Å². The summed E-state index contributed by atoms with van der Waals surface area (Å²) >= 11 is 0. The van der Waals surface area contributed by atoms with Gasteiger partial charge in [-0.25, -0.2) is 4.39 Å². The lowest BCUT2D eigenvalue weighted by molar-refractivity contribution is -0.138. The van der Waals surface area contributed by atoms with Gasteiger partial charge in [-0.3, -0.25) is 9.59 Å². The minimum atomic E-state index is -0.654. The van der Waals surface area contributed by atoms with Crippen LogP contribution in [0.2, 0.25) is 0 Å². The number of nitrogens with zero attached hydrogens (tertiary/aromatic N) is 1. The highest BCUT2D eigenvalue weighted by molar-refractivity contribution is 5.93. The Labute approximate surface area is 163 Å². The number of likely N-dealkylation sites (tertiary alicyclic amines) is 1. The van der Waals surface area contributed by atoms with Crippen molar-refractivity contribution < 1.29 is 18.7 Å². The van der Waals surface area contributed by atoms with Crippen molar-refractivity contribution in [2.24, 2.45) is 11.8 Å². The van der Waals surface area contributed by atoms with Crippen molar-refractivity contribution >= 4 is 11.8 Å². The molecule has 148 valence electrons. The molecule has 3 heterocycles. The Kier molecular flexibility index (Phi) is 3.92. The SMILES string of the molecule is CCN1C[C@]23C=C[C@@H](O2)[C@H](C(=O)NC2(c4ccc(F)cc4)CCCC2)[C@@H]3C1=O. The monoisotopic (exact) mass is 384 g/mol. The van der Waals surface area contributed by atoms with Gasteiger partial charge in [0.1, 0.15) is 11.4 Å². The number of ether oxygens (including phenoxy) is 1. The van der Waals surface area contributed by atoms with Crippen LogP contribution in [0.3, 0.4) is 0 Å². The van der Waals surface area contributed by atoms with Gasteiger partial charge in [-0.1, -0.05) is 37.1 Å². The highest BCUT2D eigenvalue weighted by Crippen LogP contribution is 2.52. The molecule has 1 aliphatic carbocycles. The van der Waals surface area contributed by atoms with E-state index in [1.54, 1.807) is 17.0 Å². The Hall–Kier alpha value is -2.21. The van der Waals surface area contributed by atoms with Crippen LogP contribution in [0.1, 0.15) is 38.2 Å². The van der Waals surface area contributed by atoms with Crippen LogP contribution in [0.5, 0.6) is 0 Å². The summed E-state index contributed by atoms with van der Waals surface area (Å²) in [4.78, 5) is 28.2. The average Bonchev–Trinajstić information content (AvgIpc) is 3.44. The molecule has 6 heteroatoms. The van der Waals surface area contributed by atoms with Crippen LogP contribution >= 0.6 is 0 Å². The molecule has 3 fully saturated rings. The van der Waals surface area contributed by atoms with E-state index in [0.29, 0.717) is 13.1 Å². The number of halogens is 1. The summed E-state index contributed by atoms with van der Waals surface area (Å²) in [5, 5.41) is 3.27. The number of fused-ring (bicyclic) bond motifs is 1. The first-order valence-electron chi connectivity index (χ1n) is 10.2. The zero-order valence-corrected chi connectivity index (χ0v) is 16.0. The van der Waals surface area contributed by atoms with Crippen molar-refractivity contribution in [2.75, 3.05) is 13.1 Å². The molecule has 1 spiro atoms. The predicted octanol–water partition coefficient (Wildman–Crippen LogP) is 2.51. The van der Waals surface area contributed by atoms with Crippen molar-refractivity contribution in [1.82, 2.24) is 10.2 Å². The minimum absolute atomic E-state index is 0.0109. The Morgan fingerprint density at radius 2 is 2.00 bits per heavy atom. The summed E-state index contributed by atoms with van der Waals surface area (Å²) in [7, 11) is 0. The first kappa shape index (κ1) is 17.9. The molecule has 1 aromatic rings. The quantitative estimate of drug-likeness (QED) is 0.812. The number of carbonyl (C=O) groups is 2. The lowest BCUT2D eigenvalue weighted by Crippen LogP contribution is -2.51. The van der Waals surface area contributed by atoms with Crippen LogP contribution in [0.25, 0.3) is 0 Å². The van der Waals surface area contributed by atoms with Gasteiger partial charge in [-0.2, -0.15) is 0 Å². The van der Waals surface area contributed by atoms with Gasteiger partial charge < -0.3 is 15.0 Å². The van der Waals surface area contributed by atoms with Gasteiger partial charge in [0.25, 0.3) is 0 Å². The fourth-order valence-corrected chi connectivity index (χ4v) is 5.70. The molecule has 0 radical (unpaired) electrons. The maximum atomic E-state index is 13.4. The molecule has 1 N–H and O–H groups in total. The van der Waals surface area contributed by atoms with Crippen LogP contribution in [-0.2, 0) is 19.9 Å². The molecule has 3 aliphatic heterocycles. The van der Waals surface area contributed by atoms with Gasteiger partial charge in [0.15, 0.2) is 0 Å². The average molecular weight is 384 g/mol. The Morgan fingerprint density at radius 3 is 2.68 bits per heavy atom. The van der Waals surface area contributed by atoms with Crippen molar-refractivity contribution in [3.8, 4) is 0 Å². The lowest BCUT2D eigenvalue weighted by Gasteiger charge is -2.34. The topological polar surface area (TPSA) is 58.6 Å². The first-order valence-corrected chi connectivity index (χ1v) is 10.2. The van der Waals surface area contributed by atoms with E-state index in [9.17, 15) is 14.0 Å². The summed E-state index contributed by atoms with van der Waals surface area (Å²) in [6.45, 7) is 3.09. The molecule has 5 nitrogen and oxygen atoms in total. The number of nitrogens with one attached hydrogen (secondary N) is 1. The molecule has 2 saturated heterocycles. The molecule has 4 atom stereocenters. The highest BCUT2D eigenvalue weighted by atomic mass is 19.1. The second-order valence-electron chi connectivity index (χ2n) is 8.54. The number of carbonyl (C=O) groups excluding carboxylic acids is 2. The second kappa shape index (κ2) is 6.14. The third kappa shape index (κ3) is 2.40. The zero-order chi connectivity index (χ0) is 19.5. The van der Waals surface area contributed by atoms with E-state index >= 15 is 0 Å². The number of likely N-dealkylation sites (N-methyl/N-ethyl adjacent to an activating group) is 1. The van der Waals surface area contributed by atoms with Crippen LogP contribution < -0.4 is 5.32 Å². The van der Waals surface area contributed by atoms with Gasteiger partial charge in [-0.15, -0.1) is 0 Å². The first-order chi connectivity index (χ1) is 13.5. The van der Waals surface area contributed by atoms with Crippen molar-refractivity contribution in [1.29, 1.82) is 0 Å². The second-order valence-corrected chi connectivity index (χ2v) is 8.54. The molecule has 2 bridgehead atoms. The molecule has 28 heavy (non-hydrogen) atoms. The summed E-state index contributed by atoms with van der Waals surface area (Å²) in [6, 6.07) is 6.41. The van der Waals surface area contributed by atoms with E-state index in [4.69, 9.17) is 4.74 Å². The largest absolute Gasteiger partial charge is 0.360 e. The number of amides is 2. The lowest BCUT2D eigenvalue weighted by atomic mass is 9.76. The van der Waals surface area contributed by atoms with Gasteiger partial charge in [0.2, 0.25) is 11.8 Å². The number of rotatable bonds is 4. The fraction of sp³-hybridized carbons (Fsp3) is 0.545.